The Bertz CT molecular complexity index is 1950. The van der Waals surface area contributed by atoms with Crippen LogP contribution >= 0.6 is 23.2 Å². The van der Waals surface area contributed by atoms with Crippen molar-refractivity contribution < 1.29 is 23.9 Å². The number of aryl methyl sites for hydroxylation is 1. The number of hydrogen-bond acceptors (Lipinski definition) is 8. The molecule has 5 rings (SSSR count). The van der Waals surface area contributed by atoms with Crippen molar-refractivity contribution in [2.45, 2.75) is 6.92 Å². The molecule has 11 nitrogen and oxygen atoms in total. The molecule has 5 N–H and O–H groups in total. The SMILES string of the molecule is COc1cccc2c(Nc3cc(NC(=O)Nc4ccc(N(CCCl)CCCl)cc4)ccc3C)c3cccc(C(=O)OC(N)=O)c3nc12. The predicted octanol–water partition coefficient (Wildman–Crippen LogP) is 7.61. The van der Waals surface area contributed by atoms with E-state index in [0.717, 1.165) is 11.3 Å². The molecule has 0 bridgehead atoms. The minimum atomic E-state index is -1.22. The second-order valence-electron chi connectivity index (χ2n) is 10.4. The zero-order valence-corrected chi connectivity index (χ0v) is 27.1. The summed E-state index contributed by atoms with van der Waals surface area (Å²) in [5, 5.41) is 10.5. The molecule has 0 spiro atoms. The van der Waals surface area contributed by atoms with Gasteiger partial charge in [0.15, 0.2) is 0 Å². The van der Waals surface area contributed by atoms with Crippen molar-refractivity contribution in [1.82, 2.24) is 4.98 Å². The number of benzene rings is 4. The molecule has 0 fully saturated rings. The van der Waals surface area contributed by atoms with Gasteiger partial charge in [-0.25, -0.2) is 19.4 Å². The van der Waals surface area contributed by atoms with Gasteiger partial charge < -0.3 is 36.1 Å². The number of fused-ring (bicyclic) bond motifs is 2. The molecule has 0 saturated carbocycles. The molecule has 0 radical (unpaired) electrons. The highest BCUT2D eigenvalue weighted by molar-refractivity contribution is 6.19. The largest absolute Gasteiger partial charge is 0.494 e. The summed E-state index contributed by atoms with van der Waals surface area (Å²) in [7, 11) is 1.53. The van der Waals surface area contributed by atoms with E-state index in [0.29, 0.717) is 69.6 Å². The number of rotatable bonds is 11. The van der Waals surface area contributed by atoms with Crippen molar-refractivity contribution >= 4 is 91.5 Å². The molecular weight excluding hydrogens is 643 g/mol. The Hall–Kier alpha value is -5.26. The second-order valence-corrected chi connectivity index (χ2v) is 11.2. The molecule has 5 aromatic rings. The fourth-order valence-corrected chi connectivity index (χ4v) is 5.57. The van der Waals surface area contributed by atoms with Gasteiger partial charge in [-0.3, -0.25) is 0 Å². The third kappa shape index (κ3) is 7.59. The van der Waals surface area contributed by atoms with E-state index in [4.69, 9.17) is 38.7 Å². The third-order valence-corrected chi connectivity index (χ3v) is 7.72. The molecule has 1 heterocycles. The monoisotopic (exact) mass is 674 g/mol. The van der Waals surface area contributed by atoms with E-state index < -0.39 is 18.1 Å². The number of aromatic nitrogens is 1. The number of methoxy groups -OCH3 is 1. The van der Waals surface area contributed by atoms with Crippen molar-refractivity contribution in [3.63, 3.8) is 0 Å². The van der Waals surface area contributed by atoms with Crippen LogP contribution in [0.1, 0.15) is 15.9 Å². The Labute approximate surface area is 280 Å². The molecular formula is C34H32Cl2N6O5. The number of carbonyl (C=O) groups is 3. The number of halogens is 2. The lowest BCUT2D eigenvalue weighted by Gasteiger charge is -2.23. The second kappa shape index (κ2) is 14.9. The zero-order valence-electron chi connectivity index (χ0n) is 25.6. The number of para-hydroxylation sites is 2. The maximum absolute atomic E-state index is 13.0. The number of nitrogens with one attached hydrogen (secondary N) is 3. The summed E-state index contributed by atoms with van der Waals surface area (Å²) in [5.74, 6) is 0.497. The van der Waals surface area contributed by atoms with Crippen LogP contribution in [0.3, 0.4) is 0 Å². The van der Waals surface area contributed by atoms with Crippen molar-refractivity contribution in [1.29, 1.82) is 0 Å². The van der Waals surface area contributed by atoms with E-state index in [-0.39, 0.29) is 11.1 Å². The molecule has 0 unspecified atom stereocenters. The van der Waals surface area contributed by atoms with Crippen LogP contribution in [0, 0.1) is 6.92 Å². The van der Waals surface area contributed by atoms with Gasteiger partial charge >= 0.3 is 18.1 Å². The van der Waals surface area contributed by atoms with Crippen LogP contribution < -0.4 is 31.3 Å². The van der Waals surface area contributed by atoms with Gasteiger partial charge in [0, 0.05) is 58.4 Å². The number of ether oxygens (including phenoxy) is 2. The summed E-state index contributed by atoms with van der Waals surface area (Å²) in [5.41, 5.74) is 10.2. The van der Waals surface area contributed by atoms with Crippen LogP contribution in [0.2, 0.25) is 0 Å². The van der Waals surface area contributed by atoms with Crippen LogP contribution in [-0.2, 0) is 4.74 Å². The smallest absolute Gasteiger partial charge is 0.412 e. The van der Waals surface area contributed by atoms with Gasteiger partial charge in [0.05, 0.1) is 23.9 Å². The number of nitrogens with two attached hydrogens (primary N) is 1. The van der Waals surface area contributed by atoms with Gasteiger partial charge in [0.2, 0.25) is 0 Å². The van der Waals surface area contributed by atoms with Crippen LogP contribution in [-0.4, -0.2) is 55.0 Å². The highest BCUT2D eigenvalue weighted by Gasteiger charge is 2.20. The van der Waals surface area contributed by atoms with Gasteiger partial charge in [0.25, 0.3) is 0 Å². The molecule has 47 heavy (non-hydrogen) atoms. The summed E-state index contributed by atoms with van der Waals surface area (Å²) in [6.45, 7) is 3.24. The maximum atomic E-state index is 13.0. The molecule has 0 atom stereocenters. The summed E-state index contributed by atoms with van der Waals surface area (Å²) in [6, 6.07) is 22.9. The van der Waals surface area contributed by atoms with Gasteiger partial charge in [-0.05, 0) is 61.0 Å². The first-order valence-electron chi connectivity index (χ1n) is 14.6. The summed E-state index contributed by atoms with van der Waals surface area (Å²) >= 11 is 11.9. The van der Waals surface area contributed by atoms with Crippen molar-refractivity contribution in [2.75, 3.05) is 52.8 Å². The molecule has 3 amide bonds. The Kier molecular flexibility index (Phi) is 10.5. The average molecular weight is 676 g/mol. The molecule has 4 aromatic carbocycles. The molecule has 242 valence electrons. The first-order chi connectivity index (χ1) is 22.7. The van der Waals surface area contributed by atoms with E-state index >= 15 is 0 Å². The summed E-state index contributed by atoms with van der Waals surface area (Å²) in [6.07, 6.45) is -1.22. The first-order valence-corrected chi connectivity index (χ1v) is 15.6. The van der Waals surface area contributed by atoms with E-state index in [1.165, 1.54) is 13.2 Å². The Morgan fingerprint density at radius 3 is 2.15 bits per heavy atom. The number of urea groups is 1. The quantitative estimate of drug-likeness (QED) is 0.0484. The van der Waals surface area contributed by atoms with Gasteiger partial charge in [-0.2, -0.15) is 0 Å². The van der Waals surface area contributed by atoms with Gasteiger partial charge in [-0.15, -0.1) is 23.2 Å². The number of hydrogen-bond donors (Lipinski definition) is 4. The lowest BCUT2D eigenvalue weighted by molar-refractivity contribution is 0.0640. The van der Waals surface area contributed by atoms with Crippen LogP contribution in [0.15, 0.2) is 78.9 Å². The normalized spacial score (nSPS) is 10.8. The number of alkyl halides is 2. The standard InChI is InChI=1S/C34H32Cl2N6O5/c1-20-9-10-22(39-34(45)38-21-11-13-23(14-12-21)42(17-15-35)18-16-36)19-27(20)40-29-24-5-3-7-26(32(43)47-33(37)44)30(24)41-31-25(29)6-4-8-28(31)46-2/h3-14,19H,15-18H2,1-2H3,(H2,37,44)(H,40,41)(H2,38,39,45). The molecule has 0 aliphatic heterocycles. The number of carbonyl (C=O) groups excluding carboxylic acids is 3. The van der Waals surface area contributed by atoms with E-state index in [1.807, 2.05) is 49.4 Å². The van der Waals surface area contributed by atoms with Crippen molar-refractivity contribution in [2.24, 2.45) is 5.73 Å². The predicted molar refractivity (Wildman–Crippen MR) is 188 cm³/mol. The fraction of sp³-hybridized carbons (Fsp3) is 0.176. The van der Waals surface area contributed by atoms with Gasteiger partial charge in [0.1, 0.15) is 11.3 Å². The first kappa shape index (κ1) is 33.1. The lowest BCUT2D eigenvalue weighted by atomic mass is 10.0. The minimum absolute atomic E-state index is 0.0554. The third-order valence-electron chi connectivity index (χ3n) is 7.38. The van der Waals surface area contributed by atoms with E-state index in [2.05, 4.69) is 25.6 Å². The number of primary amides is 1. The fourth-order valence-electron chi connectivity index (χ4n) is 5.16. The lowest BCUT2D eigenvalue weighted by Crippen LogP contribution is -2.27. The molecule has 0 aliphatic rings. The Morgan fingerprint density at radius 1 is 0.851 bits per heavy atom. The van der Waals surface area contributed by atoms with E-state index in [9.17, 15) is 14.4 Å². The zero-order chi connectivity index (χ0) is 33.5. The number of anilines is 5. The number of amides is 3. The van der Waals surface area contributed by atoms with Crippen molar-refractivity contribution in [3.8, 4) is 5.75 Å². The minimum Gasteiger partial charge on any atom is -0.494 e. The number of nitrogens with zero attached hydrogens (tertiary/aromatic N) is 2. The van der Waals surface area contributed by atoms with Crippen LogP contribution in [0.4, 0.5) is 38.0 Å². The van der Waals surface area contributed by atoms with Crippen molar-refractivity contribution in [3.05, 3.63) is 90.0 Å². The number of pyridine rings is 1. The average Bonchev–Trinajstić information content (AvgIpc) is 3.05. The summed E-state index contributed by atoms with van der Waals surface area (Å²) in [4.78, 5) is 43.9. The van der Waals surface area contributed by atoms with Gasteiger partial charge in [-0.1, -0.05) is 30.3 Å². The van der Waals surface area contributed by atoms with Crippen LogP contribution in [0.5, 0.6) is 5.75 Å². The number of esters is 1. The molecule has 1 aromatic heterocycles. The highest BCUT2D eigenvalue weighted by atomic mass is 35.5. The topological polar surface area (TPSA) is 148 Å². The Balaban J connectivity index is 1.45. The maximum Gasteiger partial charge on any atom is 0.412 e. The summed E-state index contributed by atoms with van der Waals surface area (Å²) < 4.78 is 10.2. The molecule has 13 heteroatoms. The van der Waals surface area contributed by atoms with E-state index in [1.54, 1.807) is 30.3 Å². The van der Waals surface area contributed by atoms with Crippen LogP contribution in [0.25, 0.3) is 21.8 Å². The molecule has 0 saturated heterocycles. The Morgan fingerprint density at radius 2 is 1.49 bits per heavy atom. The highest BCUT2D eigenvalue weighted by Crippen LogP contribution is 2.39. The molecule has 0 aliphatic carbocycles.